The van der Waals surface area contributed by atoms with Crippen LogP contribution >= 0.6 is 0 Å². The number of halogens is 12. The van der Waals surface area contributed by atoms with Gasteiger partial charge in [0.25, 0.3) is 0 Å². The topological polar surface area (TPSA) is 95.0 Å². The van der Waals surface area contributed by atoms with Crippen molar-refractivity contribution < 1.29 is 77.0 Å². The number of fused-ring (bicyclic) bond motifs is 4. The van der Waals surface area contributed by atoms with E-state index in [1.54, 1.807) is 0 Å². The molecule has 2 saturated heterocycles. The third kappa shape index (κ3) is 6.30. The van der Waals surface area contributed by atoms with Crippen LogP contribution in [0.4, 0.5) is 64.1 Å². The van der Waals surface area contributed by atoms with E-state index in [-0.39, 0.29) is 69.5 Å². The van der Waals surface area contributed by atoms with Gasteiger partial charge in [-0.3, -0.25) is 19.2 Å². The van der Waals surface area contributed by atoms with Crippen LogP contribution in [-0.4, -0.2) is 28.7 Å². The maximum Gasteiger partial charge on any atom is 0.416 e. The summed E-state index contributed by atoms with van der Waals surface area (Å²) in [6.07, 6.45) is -20.8. The lowest BCUT2D eigenvalue weighted by Gasteiger charge is -2.44. The van der Waals surface area contributed by atoms with Crippen LogP contribution in [0.25, 0.3) is 0 Å². The second-order valence-corrected chi connectivity index (χ2v) is 13.7. The van der Waals surface area contributed by atoms with Gasteiger partial charge in [0.2, 0.25) is 23.6 Å². The molecule has 0 radical (unpaired) electrons. The van der Waals surface area contributed by atoms with Gasteiger partial charge in [0.05, 0.1) is 57.3 Å². The molecule has 1 N–H and O–H groups in total. The lowest BCUT2D eigenvalue weighted by Crippen LogP contribution is -2.43. The predicted octanol–water partition coefficient (Wildman–Crippen LogP) is 8.51. The first kappa shape index (κ1) is 37.9. The second-order valence-electron chi connectivity index (χ2n) is 13.7. The maximum absolute atomic E-state index is 14.2. The molecule has 55 heavy (non-hydrogen) atoms. The van der Waals surface area contributed by atoms with Crippen molar-refractivity contribution in [3.63, 3.8) is 0 Å². The van der Waals surface area contributed by atoms with Crippen LogP contribution in [0.3, 0.4) is 0 Å². The minimum atomic E-state index is -5.35. The van der Waals surface area contributed by atoms with E-state index >= 15 is 0 Å². The van der Waals surface area contributed by atoms with Gasteiger partial charge >= 0.3 is 24.7 Å². The fourth-order valence-electron chi connectivity index (χ4n) is 8.33. The summed E-state index contributed by atoms with van der Waals surface area (Å²) in [7, 11) is 0. The van der Waals surface area contributed by atoms with E-state index in [4.69, 9.17) is 0 Å². The third-order valence-corrected chi connectivity index (χ3v) is 10.5. The highest BCUT2D eigenvalue weighted by atomic mass is 19.4. The van der Waals surface area contributed by atoms with Gasteiger partial charge in [0, 0.05) is 5.92 Å². The molecular weight excluding hydrogens is 768 g/mol. The summed E-state index contributed by atoms with van der Waals surface area (Å²) in [5.41, 5.74) is -9.05. The first-order chi connectivity index (χ1) is 25.4. The van der Waals surface area contributed by atoms with Crippen molar-refractivity contribution in [2.24, 2.45) is 29.6 Å². The Morgan fingerprint density at radius 2 is 0.964 bits per heavy atom. The number of phenolic OH excluding ortho intramolecular Hbond substituents is 1. The zero-order chi connectivity index (χ0) is 40.3. The Labute approximate surface area is 300 Å². The van der Waals surface area contributed by atoms with E-state index in [2.05, 4.69) is 0 Å². The Bertz CT molecular complexity index is 2120. The molecule has 0 bridgehead atoms. The zero-order valence-corrected chi connectivity index (χ0v) is 27.2. The van der Waals surface area contributed by atoms with E-state index < -0.39 is 124 Å². The van der Waals surface area contributed by atoms with Crippen LogP contribution in [0.5, 0.6) is 5.75 Å². The molecule has 3 fully saturated rings. The Kier molecular flexibility index (Phi) is 8.50. The van der Waals surface area contributed by atoms with Crippen LogP contribution in [0, 0.1) is 29.6 Å². The normalized spacial score (nSPS) is 25.9. The van der Waals surface area contributed by atoms with Crippen LogP contribution in [-0.2, 0) is 43.9 Å². The largest absolute Gasteiger partial charge is 0.508 e. The number of rotatable bonds is 3. The number of hydrogen-bond acceptors (Lipinski definition) is 5. The Morgan fingerprint density at radius 3 is 1.40 bits per heavy atom. The number of anilines is 2. The average molecular weight is 791 g/mol. The molecule has 7 rings (SSSR count). The van der Waals surface area contributed by atoms with Gasteiger partial charge in [-0.25, -0.2) is 9.80 Å². The number of aromatic hydroxyl groups is 1. The van der Waals surface area contributed by atoms with Crippen molar-refractivity contribution in [1.82, 2.24) is 0 Å². The molecule has 4 aliphatic rings. The van der Waals surface area contributed by atoms with E-state index in [0.717, 1.165) is 0 Å². The standard InChI is InChI=1S/C36H22F12N2O5/c37-33(38,39)15-7-16(34(40,41)42)10-19(9-15)49-29(52)23-5-4-22-24(27(23)31(49)54)13-25-28(26(22)14-2-1-3-21(51)6-14)32(55)50(30(25)53)20-11-17(35(43,44)45)8-18(12-20)36(46,47)48/h1-4,6-12,23-28,51H,5,13H2. The van der Waals surface area contributed by atoms with Gasteiger partial charge in [0.1, 0.15) is 5.75 Å². The van der Waals surface area contributed by atoms with Crippen LogP contribution in [0.1, 0.15) is 46.6 Å². The summed E-state index contributed by atoms with van der Waals surface area (Å²) in [6.45, 7) is 0. The molecule has 0 aromatic heterocycles. The van der Waals surface area contributed by atoms with Crippen molar-refractivity contribution in [2.45, 2.75) is 43.5 Å². The van der Waals surface area contributed by atoms with Crippen molar-refractivity contribution in [1.29, 1.82) is 0 Å². The van der Waals surface area contributed by atoms with Gasteiger partial charge < -0.3 is 5.11 Å². The quantitative estimate of drug-likeness (QED) is 0.163. The summed E-state index contributed by atoms with van der Waals surface area (Å²) in [6, 6.07) is 5.49. The molecule has 2 aliphatic heterocycles. The zero-order valence-electron chi connectivity index (χ0n) is 27.2. The number of imide groups is 2. The number of nitrogens with zero attached hydrogens (tertiary/aromatic N) is 2. The summed E-state index contributed by atoms with van der Waals surface area (Å²) in [5, 5.41) is 10.3. The summed E-state index contributed by atoms with van der Waals surface area (Å²) in [4.78, 5) is 56.4. The van der Waals surface area contributed by atoms with Crippen molar-refractivity contribution in [2.75, 3.05) is 9.80 Å². The smallest absolute Gasteiger partial charge is 0.416 e. The molecular formula is C36H22F12N2O5. The lowest BCUT2D eigenvalue weighted by molar-refractivity contribution is -0.144. The highest BCUT2D eigenvalue weighted by Gasteiger charge is 2.62. The monoisotopic (exact) mass is 790 g/mol. The molecule has 4 amide bonds. The van der Waals surface area contributed by atoms with Gasteiger partial charge in [-0.2, -0.15) is 52.7 Å². The van der Waals surface area contributed by atoms with Crippen molar-refractivity contribution in [3.8, 4) is 5.75 Å². The number of carbonyl (C=O) groups is 4. The molecule has 3 aromatic carbocycles. The maximum atomic E-state index is 14.2. The van der Waals surface area contributed by atoms with Crippen LogP contribution in [0.15, 0.2) is 72.3 Å². The Balaban J connectivity index is 1.34. The molecule has 7 nitrogen and oxygen atoms in total. The molecule has 1 saturated carbocycles. The lowest BCUT2D eigenvalue weighted by atomic mass is 9.57. The third-order valence-electron chi connectivity index (χ3n) is 10.5. The van der Waals surface area contributed by atoms with Crippen molar-refractivity contribution >= 4 is 35.0 Å². The number of benzene rings is 3. The van der Waals surface area contributed by atoms with E-state index in [1.165, 1.54) is 30.3 Å². The first-order valence-corrected chi connectivity index (χ1v) is 16.2. The van der Waals surface area contributed by atoms with Gasteiger partial charge in [0.15, 0.2) is 0 Å². The van der Waals surface area contributed by atoms with Gasteiger partial charge in [-0.15, -0.1) is 0 Å². The summed E-state index contributed by atoms with van der Waals surface area (Å²) in [5.74, 6) is -13.7. The van der Waals surface area contributed by atoms with Crippen LogP contribution in [0.2, 0.25) is 0 Å². The number of phenols is 1. The fraction of sp³-hybridized carbons (Fsp3) is 0.333. The number of amides is 4. The number of alkyl halides is 12. The molecule has 290 valence electrons. The molecule has 3 aromatic rings. The first-order valence-electron chi connectivity index (χ1n) is 16.2. The number of carbonyl (C=O) groups excluding carboxylic acids is 4. The summed E-state index contributed by atoms with van der Waals surface area (Å²) < 4.78 is 165. The number of hydrogen-bond donors (Lipinski definition) is 1. The minimum absolute atomic E-state index is 0.119. The van der Waals surface area contributed by atoms with E-state index in [9.17, 15) is 77.0 Å². The molecule has 2 heterocycles. The number of allylic oxidation sites excluding steroid dienone is 2. The highest BCUT2D eigenvalue weighted by molar-refractivity contribution is 6.24. The van der Waals surface area contributed by atoms with Crippen molar-refractivity contribution in [3.05, 3.63) is 100 Å². The van der Waals surface area contributed by atoms with E-state index in [1.807, 2.05) is 0 Å². The minimum Gasteiger partial charge on any atom is -0.508 e. The molecule has 2 aliphatic carbocycles. The van der Waals surface area contributed by atoms with Crippen LogP contribution < -0.4 is 9.80 Å². The molecule has 6 atom stereocenters. The second kappa shape index (κ2) is 12.3. The van der Waals surface area contributed by atoms with Gasteiger partial charge in [-0.1, -0.05) is 23.8 Å². The Hall–Kier alpha value is -5.36. The molecule has 19 heteroatoms. The average Bonchev–Trinajstić information content (AvgIpc) is 3.48. The molecule has 6 unspecified atom stereocenters. The fourth-order valence-corrected chi connectivity index (χ4v) is 8.33. The molecule has 0 spiro atoms. The SMILES string of the molecule is O=C1C2CC=C3C(CC4C(=O)N(c5cc(C(F)(F)F)cc(C(F)(F)F)c5)C(=O)C4C3c3cccc(O)c3)C2C(=O)N1c1cc(C(F)(F)F)cc(C(F)(F)F)c1. The van der Waals surface area contributed by atoms with Gasteiger partial charge in [-0.05, 0) is 72.9 Å². The van der Waals surface area contributed by atoms with E-state index in [0.29, 0.717) is 0 Å². The summed E-state index contributed by atoms with van der Waals surface area (Å²) >= 11 is 0. The predicted molar refractivity (Wildman–Crippen MR) is 163 cm³/mol. The highest BCUT2D eigenvalue weighted by Crippen LogP contribution is 2.59. The Morgan fingerprint density at radius 1 is 0.527 bits per heavy atom.